The van der Waals surface area contributed by atoms with Gasteiger partial charge in [0.05, 0.1) is 29.6 Å². The van der Waals surface area contributed by atoms with E-state index < -0.39 is 0 Å². The Bertz CT molecular complexity index is 910. The van der Waals surface area contributed by atoms with Crippen LogP contribution in [0.1, 0.15) is 27.6 Å². The van der Waals surface area contributed by atoms with Gasteiger partial charge in [-0.05, 0) is 55.5 Å². The minimum Gasteiger partial charge on any atom is -0.462 e. The summed E-state index contributed by atoms with van der Waals surface area (Å²) in [5, 5.41) is 5.89. The largest absolute Gasteiger partial charge is 0.462 e. The highest BCUT2D eigenvalue weighted by Gasteiger charge is 2.07. The Labute approximate surface area is 156 Å². The lowest BCUT2D eigenvalue weighted by Crippen LogP contribution is -2.12. The van der Waals surface area contributed by atoms with Crippen molar-refractivity contribution in [3.63, 3.8) is 0 Å². The van der Waals surface area contributed by atoms with Crippen molar-refractivity contribution in [2.45, 2.75) is 6.92 Å². The SMILES string of the molecule is CCOC(=O)c1ccc(Nc2ccc(NC(=O)c3cccnc3)cn2)cc1. The average Bonchev–Trinajstić information content (AvgIpc) is 2.71. The third-order valence-electron chi connectivity index (χ3n) is 3.61. The predicted molar refractivity (Wildman–Crippen MR) is 102 cm³/mol. The summed E-state index contributed by atoms with van der Waals surface area (Å²) in [5.74, 6) is 0.00862. The Kier molecular flexibility index (Phi) is 5.73. The summed E-state index contributed by atoms with van der Waals surface area (Å²) in [4.78, 5) is 31.9. The first-order valence-corrected chi connectivity index (χ1v) is 8.37. The molecule has 0 aliphatic heterocycles. The third-order valence-corrected chi connectivity index (χ3v) is 3.61. The molecule has 136 valence electrons. The molecule has 0 bridgehead atoms. The minimum atomic E-state index is -0.351. The number of pyridine rings is 2. The number of anilines is 3. The molecule has 0 aliphatic rings. The van der Waals surface area contributed by atoms with Crippen LogP contribution in [0.4, 0.5) is 17.2 Å². The van der Waals surface area contributed by atoms with E-state index in [2.05, 4.69) is 20.6 Å². The van der Waals surface area contributed by atoms with E-state index in [-0.39, 0.29) is 11.9 Å². The van der Waals surface area contributed by atoms with Crippen molar-refractivity contribution in [1.82, 2.24) is 9.97 Å². The van der Waals surface area contributed by atoms with Crippen LogP contribution < -0.4 is 10.6 Å². The van der Waals surface area contributed by atoms with E-state index in [9.17, 15) is 9.59 Å². The summed E-state index contributed by atoms with van der Waals surface area (Å²) >= 11 is 0. The molecule has 3 aromatic rings. The van der Waals surface area contributed by atoms with Crippen LogP contribution in [0.25, 0.3) is 0 Å². The summed E-state index contributed by atoms with van der Waals surface area (Å²) < 4.78 is 4.95. The zero-order chi connectivity index (χ0) is 19.1. The highest BCUT2D eigenvalue weighted by molar-refractivity contribution is 6.03. The fourth-order valence-corrected chi connectivity index (χ4v) is 2.29. The maximum Gasteiger partial charge on any atom is 0.338 e. The molecule has 0 unspecified atom stereocenters. The number of benzene rings is 1. The maximum atomic E-state index is 12.1. The van der Waals surface area contributed by atoms with Crippen LogP contribution in [-0.4, -0.2) is 28.5 Å². The van der Waals surface area contributed by atoms with Gasteiger partial charge in [0.25, 0.3) is 5.91 Å². The number of ether oxygens (including phenoxy) is 1. The molecule has 0 saturated carbocycles. The Morgan fingerprint density at radius 1 is 0.963 bits per heavy atom. The molecule has 0 saturated heterocycles. The number of nitrogens with zero attached hydrogens (tertiary/aromatic N) is 2. The van der Waals surface area contributed by atoms with Crippen LogP contribution in [0.5, 0.6) is 0 Å². The number of nitrogens with one attached hydrogen (secondary N) is 2. The molecule has 7 nitrogen and oxygen atoms in total. The van der Waals surface area contributed by atoms with Crippen molar-refractivity contribution >= 4 is 29.1 Å². The second-order valence-electron chi connectivity index (χ2n) is 5.55. The number of aromatic nitrogens is 2. The van der Waals surface area contributed by atoms with E-state index >= 15 is 0 Å². The quantitative estimate of drug-likeness (QED) is 0.650. The van der Waals surface area contributed by atoms with E-state index in [0.29, 0.717) is 29.2 Å². The normalized spacial score (nSPS) is 10.1. The van der Waals surface area contributed by atoms with Crippen LogP contribution in [0.15, 0.2) is 67.1 Å². The molecule has 0 spiro atoms. The van der Waals surface area contributed by atoms with E-state index in [1.807, 2.05) is 0 Å². The highest BCUT2D eigenvalue weighted by atomic mass is 16.5. The zero-order valence-electron chi connectivity index (χ0n) is 14.7. The molecule has 0 fully saturated rings. The lowest BCUT2D eigenvalue weighted by molar-refractivity contribution is 0.0526. The van der Waals surface area contributed by atoms with Gasteiger partial charge in [-0.15, -0.1) is 0 Å². The zero-order valence-corrected chi connectivity index (χ0v) is 14.7. The first-order chi connectivity index (χ1) is 13.2. The summed E-state index contributed by atoms with van der Waals surface area (Å²) in [5.41, 5.74) is 2.32. The molecule has 0 radical (unpaired) electrons. The first-order valence-electron chi connectivity index (χ1n) is 8.37. The van der Waals surface area contributed by atoms with Gasteiger partial charge < -0.3 is 15.4 Å². The van der Waals surface area contributed by atoms with E-state index in [1.54, 1.807) is 67.8 Å². The number of hydrogen-bond donors (Lipinski definition) is 2. The molecule has 1 aromatic carbocycles. The van der Waals surface area contributed by atoms with Crippen molar-refractivity contribution in [2.24, 2.45) is 0 Å². The van der Waals surface area contributed by atoms with Gasteiger partial charge in [0, 0.05) is 18.1 Å². The Morgan fingerprint density at radius 2 is 1.74 bits per heavy atom. The monoisotopic (exact) mass is 362 g/mol. The van der Waals surface area contributed by atoms with Crippen LogP contribution >= 0.6 is 0 Å². The first kappa shape index (κ1) is 18.1. The fourth-order valence-electron chi connectivity index (χ4n) is 2.29. The number of amides is 1. The number of hydrogen-bond acceptors (Lipinski definition) is 6. The summed E-state index contributed by atoms with van der Waals surface area (Å²) in [6, 6.07) is 13.8. The summed E-state index contributed by atoms with van der Waals surface area (Å²) in [6.07, 6.45) is 4.67. The summed E-state index contributed by atoms with van der Waals surface area (Å²) in [7, 11) is 0. The lowest BCUT2D eigenvalue weighted by Gasteiger charge is -2.08. The van der Waals surface area contributed by atoms with Gasteiger partial charge in [-0.2, -0.15) is 0 Å². The third kappa shape index (κ3) is 4.88. The number of rotatable bonds is 6. The molecule has 0 atom stereocenters. The van der Waals surface area contributed by atoms with E-state index in [4.69, 9.17) is 4.74 Å². The second kappa shape index (κ2) is 8.57. The van der Waals surface area contributed by atoms with Gasteiger partial charge in [-0.25, -0.2) is 9.78 Å². The number of carbonyl (C=O) groups excluding carboxylic acids is 2. The molecule has 2 aromatic heterocycles. The molecule has 3 rings (SSSR count). The van der Waals surface area contributed by atoms with Gasteiger partial charge in [0.1, 0.15) is 5.82 Å². The molecule has 0 aliphatic carbocycles. The van der Waals surface area contributed by atoms with Gasteiger partial charge in [0.2, 0.25) is 0 Å². The van der Waals surface area contributed by atoms with Gasteiger partial charge >= 0.3 is 5.97 Å². The molecular formula is C20H18N4O3. The molecule has 1 amide bonds. The predicted octanol–water partition coefficient (Wildman–Crippen LogP) is 3.65. The Hall–Kier alpha value is -3.74. The molecular weight excluding hydrogens is 344 g/mol. The van der Waals surface area contributed by atoms with Crippen molar-refractivity contribution in [3.05, 3.63) is 78.2 Å². The van der Waals surface area contributed by atoms with Gasteiger partial charge in [0.15, 0.2) is 0 Å². The molecule has 27 heavy (non-hydrogen) atoms. The topological polar surface area (TPSA) is 93.2 Å². The molecule has 2 heterocycles. The summed E-state index contributed by atoms with van der Waals surface area (Å²) in [6.45, 7) is 2.11. The Balaban J connectivity index is 1.60. The highest BCUT2D eigenvalue weighted by Crippen LogP contribution is 2.17. The average molecular weight is 362 g/mol. The molecule has 7 heteroatoms. The standard InChI is InChI=1S/C20H18N4O3/c1-2-27-20(26)14-5-7-16(8-6-14)23-18-10-9-17(13-22-18)24-19(25)15-4-3-11-21-12-15/h3-13H,2H2,1H3,(H,22,23)(H,24,25). The van der Waals surface area contributed by atoms with E-state index in [0.717, 1.165) is 5.69 Å². The van der Waals surface area contributed by atoms with Crippen LogP contribution in [0.3, 0.4) is 0 Å². The number of esters is 1. The Morgan fingerprint density at radius 3 is 2.37 bits per heavy atom. The minimum absolute atomic E-state index is 0.250. The maximum absolute atomic E-state index is 12.1. The fraction of sp³-hybridized carbons (Fsp3) is 0.100. The van der Waals surface area contributed by atoms with Crippen LogP contribution in [0.2, 0.25) is 0 Å². The van der Waals surface area contributed by atoms with Crippen molar-refractivity contribution in [1.29, 1.82) is 0 Å². The number of carbonyl (C=O) groups is 2. The van der Waals surface area contributed by atoms with Crippen LogP contribution in [-0.2, 0) is 4.74 Å². The van der Waals surface area contributed by atoms with E-state index in [1.165, 1.54) is 6.20 Å². The van der Waals surface area contributed by atoms with Crippen molar-refractivity contribution < 1.29 is 14.3 Å². The van der Waals surface area contributed by atoms with Gasteiger partial charge in [-0.3, -0.25) is 9.78 Å². The molecule has 2 N–H and O–H groups in total. The smallest absolute Gasteiger partial charge is 0.338 e. The lowest BCUT2D eigenvalue weighted by atomic mass is 10.2. The van der Waals surface area contributed by atoms with Crippen molar-refractivity contribution in [2.75, 3.05) is 17.2 Å². The second-order valence-corrected chi connectivity index (χ2v) is 5.55. The van der Waals surface area contributed by atoms with Crippen LogP contribution in [0, 0.1) is 0 Å². The van der Waals surface area contributed by atoms with Gasteiger partial charge in [-0.1, -0.05) is 0 Å². The van der Waals surface area contributed by atoms with Crippen molar-refractivity contribution in [3.8, 4) is 0 Å².